The third-order valence-corrected chi connectivity index (χ3v) is 2.88. The summed E-state index contributed by atoms with van der Waals surface area (Å²) in [4.78, 5) is 13.4. The average Bonchev–Trinajstić information content (AvgIpc) is 2.35. The molecule has 0 saturated heterocycles. The fourth-order valence-corrected chi connectivity index (χ4v) is 2.13. The zero-order valence-corrected chi connectivity index (χ0v) is 9.24. The van der Waals surface area contributed by atoms with Gasteiger partial charge in [-0.25, -0.2) is 9.79 Å². The average molecular weight is 217 g/mol. The molecule has 0 N–H and O–H groups in total. The number of hydrogen-bond donors (Lipinski definition) is 0. The number of aliphatic imine (C=N–C) groups is 1. The number of ether oxygens (including phenoxy) is 1. The van der Waals surface area contributed by atoms with E-state index < -0.39 is 0 Å². The normalized spacial score (nSPS) is 13.8. The lowest BCUT2D eigenvalue weighted by Crippen LogP contribution is -2.08. The van der Waals surface area contributed by atoms with E-state index in [1.165, 1.54) is 30.0 Å². The summed E-state index contributed by atoms with van der Waals surface area (Å²) in [6.07, 6.45) is 6.27. The minimum Gasteiger partial charge on any atom is -0.491 e. The second-order valence-electron chi connectivity index (χ2n) is 3.92. The van der Waals surface area contributed by atoms with Gasteiger partial charge in [0.25, 0.3) is 0 Å². The minimum atomic E-state index is 0.382. The van der Waals surface area contributed by atoms with Crippen molar-refractivity contribution >= 4 is 6.08 Å². The van der Waals surface area contributed by atoms with Crippen LogP contribution in [0.15, 0.2) is 23.2 Å². The molecule has 16 heavy (non-hydrogen) atoms. The number of rotatable bonds is 4. The monoisotopic (exact) mass is 217 g/mol. The molecule has 0 heterocycles. The van der Waals surface area contributed by atoms with Crippen LogP contribution in [-0.4, -0.2) is 19.2 Å². The summed E-state index contributed by atoms with van der Waals surface area (Å²) in [6, 6.07) is 6.20. The minimum absolute atomic E-state index is 0.382. The van der Waals surface area contributed by atoms with E-state index in [0.29, 0.717) is 13.2 Å². The Bertz CT molecular complexity index is 408. The van der Waals surface area contributed by atoms with Crippen molar-refractivity contribution < 1.29 is 9.53 Å². The van der Waals surface area contributed by atoms with Crippen molar-refractivity contribution in [2.75, 3.05) is 13.2 Å². The standard InChI is InChI=1S/C13H15NO2/c15-10-14-8-9-16-13-7-3-5-11-4-1-2-6-12(11)13/h3,5,7H,1-2,4,6,8-9H2. The lowest BCUT2D eigenvalue weighted by atomic mass is 9.91. The van der Waals surface area contributed by atoms with Crippen LogP contribution in [0.1, 0.15) is 24.0 Å². The van der Waals surface area contributed by atoms with Gasteiger partial charge in [0, 0.05) is 0 Å². The molecule has 0 bridgehead atoms. The summed E-state index contributed by atoms with van der Waals surface area (Å²) in [5, 5.41) is 0. The summed E-state index contributed by atoms with van der Waals surface area (Å²) in [5.41, 5.74) is 2.74. The first-order valence-electron chi connectivity index (χ1n) is 5.69. The molecule has 1 aliphatic rings. The van der Waals surface area contributed by atoms with Crippen LogP contribution in [0.3, 0.4) is 0 Å². The molecule has 3 nitrogen and oxygen atoms in total. The SMILES string of the molecule is O=C=NCCOc1cccc2c1CCCC2. The number of fused-ring (bicyclic) bond motifs is 1. The number of isocyanates is 1. The maximum Gasteiger partial charge on any atom is 0.235 e. The predicted molar refractivity (Wildman–Crippen MR) is 61.6 cm³/mol. The quantitative estimate of drug-likeness (QED) is 0.441. The summed E-state index contributed by atoms with van der Waals surface area (Å²) in [5.74, 6) is 0.957. The van der Waals surface area contributed by atoms with E-state index in [0.717, 1.165) is 18.6 Å². The Hall–Kier alpha value is -1.60. The molecule has 0 fully saturated rings. The van der Waals surface area contributed by atoms with Crippen molar-refractivity contribution in [3.05, 3.63) is 29.3 Å². The molecule has 1 aliphatic carbocycles. The summed E-state index contributed by atoms with van der Waals surface area (Å²) >= 11 is 0. The first kappa shape index (κ1) is 10.9. The van der Waals surface area contributed by atoms with Gasteiger partial charge < -0.3 is 4.74 Å². The highest BCUT2D eigenvalue weighted by Crippen LogP contribution is 2.29. The molecule has 1 aromatic rings. The molecule has 0 aliphatic heterocycles. The van der Waals surface area contributed by atoms with E-state index in [1.807, 2.05) is 12.1 Å². The third kappa shape index (κ3) is 2.50. The fourth-order valence-electron chi connectivity index (χ4n) is 2.13. The van der Waals surface area contributed by atoms with Gasteiger partial charge in [0.15, 0.2) is 0 Å². The van der Waals surface area contributed by atoms with E-state index in [9.17, 15) is 4.79 Å². The van der Waals surface area contributed by atoms with Crippen LogP contribution < -0.4 is 4.74 Å². The Morgan fingerprint density at radius 1 is 1.31 bits per heavy atom. The van der Waals surface area contributed by atoms with E-state index >= 15 is 0 Å². The van der Waals surface area contributed by atoms with Crippen molar-refractivity contribution in [1.82, 2.24) is 0 Å². The Kier molecular flexibility index (Phi) is 3.73. The van der Waals surface area contributed by atoms with Gasteiger partial charge in [-0.2, -0.15) is 0 Å². The fraction of sp³-hybridized carbons (Fsp3) is 0.462. The highest BCUT2D eigenvalue weighted by Gasteiger charge is 2.13. The van der Waals surface area contributed by atoms with Crippen LogP contribution in [-0.2, 0) is 17.6 Å². The number of nitrogens with zero attached hydrogens (tertiary/aromatic N) is 1. The Morgan fingerprint density at radius 2 is 2.19 bits per heavy atom. The first-order valence-corrected chi connectivity index (χ1v) is 5.69. The van der Waals surface area contributed by atoms with Gasteiger partial charge in [0.1, 0.15) is 12.4 Å². The zero-order valence-electron chi connectivity index (χ0n) is 9.24. The lowest BCUT2D eigenvalue weighted by Gasteiger charge is -2.19. The van der Waals surface area contributed by atoms with Crippen LogP contribution in [0.2, 0.25) is 0 Å². The molecular weight excluding hydrogens is 202 g/mol. The topological polar surface area (TPSA) is 38.7 Å². The molecule has 0 radical (unpaired) electrons. The van der Waals surface area contributed by atoms with E-state index in [4.69, 9.17) is 4.74 Å². The Labute approximate surface area is 95.2 Å². The van der Waals surface area contributed by atoms with Crippen molar-refractivity contribution in [2.45, 2.75) is 25.7 Å². The molecule has 2 rings (SSSR count). The van der Waals surface area contributed by atoms with Gasteiger partial charge in [-0.15, -0.1) is 0 Å². The summed E-state index contributed by atoms with van der Waals surface area (Å²) in [6.45, 7) is 0.832. The van der Waals surface area contributed by atoms with Crippen molar-refractivity contribution in [2.24, 2.45) is 4.99 Å². The maximum absolute atomic E-state index is 9.90. The van der Waals surface area contributed by atoms with Crippen LogP contribution in [0.25, 0.3) is 0 Å². The van der Waals surface area contributed by atoms with E-state index in [2.05, 4.69) is 11.1 Å². The largest absolute Gasteiger partial charge is 0.491 e. The van der Waals surface area contributed by atoms with E-state index in [-0.39, 0.29) is 0 Å². The molecule has 84 valence electrons. The summed E-state index contributed by atoms with van der Waals surface area (Å²) < 4.78 is 5.63. The predicted octanol–water partition coefficient (Wildman–Crippen LogP) is 2.28. The van der Waals surface area contributed by atoms with Gasteiger partial charge in [0.05, 0.1) is 6.54 Å². The first-order chi connectivity index (χ1) is 7.92. The lowest BCUT2D eigenvalue weighted by molar-refractivity contribution is 0.323. The highest BCUT2D eigenvalue weighted by atomic mass is 16.5. The highest BCUT2D eigenvalue weighted by molar-refractivity contribution is 5.41. The maximum atomic E-state index is 9.90. The number of benzene rings is 1. The van der Waals surface area contributed by atoms with Gasteiger partial charge in [0.2, 0.25) is 6.08 Å². The number of hydrogen-bond acceptors (Lipinski definition) is 3. The number of aryl methyl sites for hydroxylation is 1. The van der Waals surface area contributed by atoms with Gasteiger partial charge in [-0.1, -0.05) is 12.1 Å². The van der Waals surface area contributed by atoms with E-state index in [1.54, 1.807) is 0 Å². The van der Waals surface area contributed by atoms with Crippen LogP contribution >= 0.6 is 0 Å². The molecule has 0 atom stereocenters. The van der Waals surface area contributed by atoms with Crippen molar-refractivity contribution in [3.63, 3.8) is 0 Å². The molecule has 1 aromatic carbocycles. The molecule has 3 heteroatoms. The Morgan fingerprint density at radius 3 is 3.06 bits per heavy atom. The van der Waals surface area contributed by atoms with Crippen molar-refractivity contribution in [1.29, 1.82) is 0 Å². The summed E-state index contributed by atoms with van der Waals surface area (Å²) in [7, 11) is 0. The smallest absolute Gasteiger partial charge is 0.235 e. The number of carbonyl (C=O) groups excluding carboxylic acids is 1. The second-order valence-corrected chi connectivity index (χ2v) is 3.92. The molecule has 0 unspecified atom stereocenters. The van der Waals surface area contributed by atoms with Gasteiger partial charge in [-0.05, 0) is 42.9 Å². The van der Waals surface area contributed by atoms with Crippen LogP contribution in [0.4, 0.5) is 0 Å². The molecule has 0 spiro atoms. The van der Waals surface area contributed by atoms with Crippen LogP contribution in [0.5, 0.6) is 5.75 Å². The molecule has 0 saturated carbocycles. The third-order valence-electron chi connectivity index (χ3n) is 2.88. The van der Waals surface area contributed by atoms with Gasteiger partial charge in [-0.3, -0.25) is 0 Å². The zero-order chi connectivity index (χ0) is 11.2. The molecular formula is C13H15NO2. The second kappa shape index (κ2) is 5.47. The van der Waals surface area contributed by atoms with Crippen molar-refractivity contribution in [3.8, 4) is 5.75 Å². The Balaban J connectivity index is 2.05. The van der Waals surface area contributed by atoms with Gasteiger partial charge >= 0.3 is 0 Å². The molecule has 0 aromatic heterocycles. The molecule has 0 amide bonds. The van der Waals surface area contributed by atoms with Crippen LogP contribution in [0, 0.1) is 0 Å².